The summed E-state index contributed by atoms with van der Waals surface area (Å²) >= 11 is 7.65. The van der Waals surface area contributed by atoms with Crippen LogP contribution >= 0.6 is 22.9 Å². The topological polar surface area (TPSA) is 32.6 Å². The molecule has 2 aromatic carbocycles. The van der Waals surface area contributed by atoms with Crippen LogP contribution in [0, 0.1) is 6.92 Å². The molecular weight excluding hydrogens is 290 g/mol. The van der Waals surface area contributed by atoms with Gasteiger partial charge in [-0.15, -0.1) is 11.3 Å². The first-order valence-electron chi connectivity index (χ1n) is 6.16. The van der Waals surface area contributed by atoms with Crippen molar-refractivity contribution in [2.75, 3.05) is 0 Å². The quantitative estimate of drug-likeness (QED) is 0.638. The van der Waals surface area contributed by atoms with E-state index in [0.29, 0.717) is 10.7 Å². The Labute approximate surface area is 126 Å². The lowest BCUT2D eigenvalue weighted by Crippen LogP contribution is -1.77. The minimum atomic E-state index is 0.276. The maximum atomic E-state index is 10.2. The molecule has 2 nitrogen and oxygen atoms in total. The number of fused-ring (bicyclic) bond motifs is 1. The van der Waals surface area contributed by atoms with E-state index < -0.39 is 0 Å². The fourth-order valence-corrected chi connectivity index (χ4v) is 3.24. The van der Waals surface area contributed by atoms with E-state index in [9.17, 15) is 5.11 Å². The molecule has 0 aliphatic rings. The number of thiophene rings is 1. The van der Waals surface area contributed by atoms with Gasteiger partial charge in [-0.05, 0) is 36.8 Å². The predicted octanol–water partition coefficient (Wildman–Crippen LogP) is 5.32. The Bertz CT molecular complexity index is 807. The van der Waals surface area contributed by atoms with Crippen molar-refractivity contribution in [3.63, 3.8) is 0 Å². The van der Waals surface area contributed by atoms with Gasteiger partial charge in [0.1, 0.15) is 5.75 Å². The minimum Gasteiger partial charge on any atom is -0.506 e. The van der Waals surface area contributed by atoms with Crippen LogP contribution in [0.4, 0.5) is 5.69 Å². The summed E-state index contributed by atoms with van der Waals surface area (Å²) in [6.07, 6.45) is 1.66. The van der Waals surface area contributed by atoms with Crippen molar-refractivity contribution in [1.82, 2.24) is 0 Å². The smallest absolute Gasteiger partial charge is 0.142 e. The van der Waals surface area contributed by atoms with Crippen molar-refractivity contribution in [2.24, 2.45) is 4.99 Å². The fraction of sp³-hybridized carbons (Fsp3) is 0.0625. The molecule has 3 rings (SSSR count). The zero-order valence-corrected chi connectivity index (χ0v) is 12.4. The molecule has 0 aliphatic heterocycles. The van der Waals surface area contributed by atoms with Crippen LogP contribution in [-0.2, 0) is 0 Å². The average Bonchev–Trinajstić information content (AvgIpc) is 2.75. The Kier molecular flexibility index (Phi) is 3.47. The summed E-state index contributed by atoms with van der Waals surface area (Å²) in [5, 5.41) is 11.6. The zero-order chi connectivity index (χ0) is 14.1. The van der Waals surface area contributed by atoms with Gasteiger partial charge in [-0.2, -0.15) is 0 Å². The molecule has 0 saturated heterocycles. The zero-order valence-electron chi connectivity index (χ0n) is 10.8. The SMILES string of the molecule is Cc1ccc(N=Cc2sc3ccccc3c2O)c(Cl)c1. The van der Waals surface area contributed by atoms with Crippen molar-refractivity contribution in [3.05, 3.63) is 57.9 Å². The number of hydrogen-bond donors (Lipinski definition) is 1. The Morgan fingerprint density at radius 2 is 2.00 bits per heavy atom. The van der Waals surface area contributed by atoms with E-state index in [2.05, 4.69) is 4.99 Å². The van der Waals surface area contributed by atoms with Gasteiger partial charge in [0.05, 0.1) is 15.6 Å². The summed E-state index contributed by atoms with van der Waals surface area (Å²) in [5.74, 6) is 0.276. The highest BCUT2D eigenvalue weighted by Crippen LogP contribution is 2.36. The lowest BCUT2D eigenvalue weighted by Gasteiger charge is -1.98. The van der Waals surface area contributed by atoms with Crippen molar-refractivity contribution in [2.45, 2.75) is 6.92 Å². The first-order valence-corrected chi connectivity index (χ1v) is 7.35. The first kappa shape index (κ1) is 13.2. The standard InChI is InChI=1S/C16H12ClNOS/c1-10-6-7-13(12(17)8-10)18-9-15-16(19)11-4-2-3-5-14(11)20-15/h2-9,19H,1H3. The molecule has 100 valence electrons. The molecule has 0 amide bonds. The van der Waals surface area contributed by atoms with Crippen LogP contribution in [0.2, 0.25) is 5.02 Å². The van der Waals surface area contributed by atoms with E-state index in [4.69, 9.17) is 11.6 Å². The fourth-order valence-electron chi connectivity index (χ4n) is 1.98. The van der Waals surface area contributed by atoms with Crippen LogP contribution in [0.3, 0.4) is 0 Å². The molecule has 0 spiro atoms. The molecule has 0 saturated carbocycles. The number of aliphatic imine (C=N–C) groups is 1. The number of aryl methyl sites for hydroxylation is 1. The number of aromatic hydroxyl groups is 1. The summed E-state index contributed by atoms with van der Waals surface area (Å²) in [6.45, 7) is 1.98. The molecule has 1 heterocycles. The largest absolute Gasteiger partial charge is 0.506 e. The third-order valence-electron chi connectivity index (χ3n) is 3.02. The van der Waals surface area contributed by atoms with Crippen LogP contribution in [0.15, 0.2) is 47.5 Å². The summed E-state index contributed by atoms with van der Waals surface area (Å²) in [7, 11) is 0. The van der Waals surface area contributed by atoms with E-state index in [1.807, 2.05) is 49.4 Å². The van der Waals surface area contributed by atoms with Gasteiger partial charge >= 0.3 is 0 Å². The Balaban J connectivity index is 2.00. The normalized spacial score (nSPS) is 11.5. The van der Waals surface area contributed by atoms with Gasteiger partial charge in [-0.25, -0.2) is 0 Å². The lowest BCUT2D eigenvalue weighted by molar-refractivity contribution is 0.483. The van der Waals surface area contributed by atoms with Gasteiger partial charge in [0.15, 0.2) is 0 Å². The second kappa shape index (κ2) is 5.27. The molecule has 1 N–H and O–H groups in total. The molecular formula is C16H12ClNOS. The van der Waals surface area contributed by atoms with Gasteiger partial charge in [-0.1, -0.05) is 29.8 Å². The van der Waals surface area contributed by atoms with Crippen molar-refractivity contribution in [3.8, 4) is 5.75 Å². The molecule has 0 fully saturated rings. The Hall–Kier alpha value is -1.84. The lowest BCUT2D eigenvalue weighted by atomic mass is 10.2. The third-order valence-corrected chi connectivity index (χ3v) is 4.42. The van der Waals surface area contributed by atoms with E-state index in [1.54, 1.807) is 6.21 Å². The first-order chi connectivity index (χ1) is 9.65. The van der Waals surface area contributed by atoms with E-state index >= 15 is 0 Å². The second-order valence-electron chi connectivity index (χ2n) is 4.52. The third kappa shape index (κ3) is 2.42. The monoisotopic (exact) mass is 301 g/mol. The van der Waals surface area contributed by atoms with Crippen molar-refractivity contribution in [1.29, 1.82) is 0 Å². The summed E-state index contributed by atoms with van der Waals surface area (Å²) in [4.78, 5) is 5.11. The molecule has 0 bridgehead atoms. The maximum absolute atomic E-state index is 10.2. The Morgan fingerprint density at radius 1 is 1.20 bits per heavy atom. The van der Waals surface area contributed by atoms with Gasteiger partial charge in [-0.3, -0.25) is 4.99 Å². The molecule has 4 heteroatoms. The van der Waals surface area contributed by atoms with Crippen molar-refractivity contribution >= 4 is 44.9 Å². The van der Waals surface area contributed by atoms with Gasteiger partial charge in [0.25, 0.3) is 0 Å². The van der Waals surface area contributed by atoms with Crippen molar-refractivity contribution < 1.29 is 5.11 Å². The summed E-state index contributed by atoms with van der Waals surface area (Å²) < 4.78 is 1.04. The van der Waals surface area contributed by atoms with Gasteiger partial charge in [0, 0.05) is 16.3 Å². The molecule has 0 radical (unpaired) electrons. The maximum Gasteiger partial charge on any atom is 0.142 e. The van der Waals surface area contributed by atoms with Crippen LogP contribution < -0.4 is 0 Å². The molecule has 0 aliphatic carbocycles. The van der Waals surface area contributed by atoms with Gasteiger partial charge < -0.3 is 5.11 Å². The Morgan fingerprint density at radius 3 is 2.75 bits per heavy atom. The van der Waals surface area contributed by atoms with E-state index in [0.717, 1.165) is 20.5 Å². The molecule has 0 unspecified atom stereocenters. The van der Waals surface area contributed by atoms with Crippen LogP contribution in [0.25, 0.3) is 10.1 Å². The highest BCUT2D eigenvalue weighted by molar-refractivity contribution is 7.21. The molecule has 1 aromatic heterocycles. The van der Waals surface area contributed by atoms with Gasteiger partial charge in [0.2, 0.25) is 0 Å². The summed E-state index contributed by atoms with van der Waals surface area (Å²) in [5.41, 5.74) is 1.80. The highest BCUT2D eigenvalue weighted by Gasteiger charge is 2.08. The molecule has 3 aromatic rings. The van der Waals surface area contributed by atoms with Crippen LogP contribution in [0.5, 0.6) is 5.75 Å². The summed E-state index contributed by atoms with van der Waals surface area (Å²) in [6, 6.07) is 13.5. The number of halogens is 1. The predicted molar refractivity (Wildman–Crippen MR) is 86.9 cm³/mol. The number of rotatable bonds is 2. The molecule has 20 heavy (non-hydrogen) atoms. The minimum absolute atomic E-state index is 0.276. The van der Waals surface area contributed by atoms with Crippen LogP contribution in [-0.4, -0.2) is 11.3 Å². The van der Waals surface area contributed by atoms with Crippen LogP contribution in [0.1, 0.15) is 10.4 Å². The second-order valence-corrected chi connectivity index (χ2v) is 6.02. The molecule has 0 atom stereocenters. The number of hydrogen-bond acceptors (Lipinski definition) is 3. The highest BCUT2D eigenvalue weighted by atomic mass is 35.5. The number of benzene rings is 2. The van der Waals surface area contributed by atoms with E-state index in [-0.39, 0.29) is 5.75 Å². The van der Waals surface area contributed by atoms with E-state index in [1.165, 1.54) is 11.3 Å². The average molecular weight is 302 g/mol. The number of nitrogens with zero attached hydrogens (tertiary/aromatic N) is 1.